The van der Waals surface area contributed by atoms with Crippen LogP contribution in [0.3, 0.4) is 0 Å². The van der Waals surface area contributed by atoms with Crippen LogP contribution in [-0.4, -0.2) is 25.1 Å². The number of halogens is 1. The molecule has 0 aliphatic heterocycles. The molecular weight excluding hydrogens is 258 g/mol. The number of rotatable bonds is 3. The summed E-state index contributed by atoms with van der Waals surface area (Å²) in [5.74, 6) is 0.933. The highest BCUT2D eigenvalue weighted by Crippen LogP contribution is 2.16. The minimum absolute atomic E-state index is 0.263. The molecule has 0 saturated heterocycles. The van der Waals surface area contributed by atoms with Gasteiger partial charge in [-0.2, -0.15) is 4.98 Å². The van der Waals surface area contributed by atoms with E-state index >= 15 is 0 Å². The predicted octanol–water partition coefficient (Wildman–Crippen LogP) is 2.17. The molecule has 0 amide bonds. The molecular formula is C11H11ClN3OS. The molecule has 1 atom stereocenters. The summed E-state index contributed by atoms with van der Waals surface area (Å²) in [5.41, 5.74) is 0.801. The zero-order valence-corrected chi connectivity index (χ0v) is 10.8. The van der Waals surface area contributed by atoms with E-state index in [-0.39, 0.29) is 5.75 Å². The van der Waals surface area contributed by atoms with Crippen molar-refractivity contribution < 1.29 is 4.55 Å². The van der Waals surface area contributed by atoms with Crippen molar-refractivity contribution in [2.24, 2.45) is 0 Å². The normalized spacial score (nSPS) is 12.7. The number of nitrogens with zero attached hydrogens (tertiary/aromatic N) is 3. The molecule has 0 saturated carbocycles. The molecule has 0 bridgehead atoms. The highest BCUT2D eigenvalue weighted by atomic mass is 35.5. The van der Waals surface area contributed by atoms with Crippen molar-refractivity contribution in [1.82, 2.24) is 14.8 Å². The molecule has 6 heteroatoms. The molecule has 4 nitrogen and oxygen atoms in total. The molecule has 2 rings (SSSR count). The van der Waals surface area contributed by atoms with Crippen LogP contribution in [0.4, 0.5) is 0 Å². The third-order valence-corrected chi connectivity index (χ3v) is 3.38. The van der Waals surface area contributed by atoms with Crippen LogP contribution in [-0.2, 0) is 11.2 Å². The molecule has 0 N–H and O–H groups in total. The second-order valence-corrected chi connectivity index (χ2v) is 5.28. The fourth-order valence-electron chi connectivity index (χ4n) is 1.41. The summed E-state index contributed by atoms with van der Waals surface area (Å²) in [7, 11) is 0. The maximum Gasteiger partial charge on any atom is 0.361 e. The molecule has 1 heterocycles. The number of hydrogen-bond acceptors (Lipinski definition) is 3. The average molecular weight is 269 g/mol. The quantitative estimate of drug-likeness (QED) is 0.802. The third-order valence-electron chi connectivity index (χ3n) is 2.19. The van der Waals surface area contributed by atoms with Crippen molar-refractivity contribution >= 4 is 22.8 Å². The molecule has 0 aliphatic carbocycles. The Morgan fingerprint density at radius 1 is 1.53 bits per heavy atom. The van der Waals surface area contributed by atoms with Crippen LogP contribution in [0.25, 0.3) is 5.69 Å². The highest BCUT2D eigenvalue weighted by molar-refractivity contribution is 7.91. The topological polar surface area (TPSA) is 53.8 Å². The largest absolute Gasteiger partial charge is 0.609 e. The molecule has 0 spiro atoms. The van der Waals surface area contributed by atoms with E-state index in [1.165, 1.54) is 0 Å². The first kappa shape index (κ1) is 12.4. The molecule has 1 radical (unpaired) electrons. The van der Waals surface area contributed by atoms with Gasteiger partial charge in [0.05, 0.1) is 5.69 Å². The predicted molar refractivity (Wildman–Crippen MR) is 67.7 cm³/mol. The summed E-state index contributed by atoms with van der Waals surface area (Å²) in [4.78, 5) is 4.16. The van der Waals surface area contributed by atoms with Gasteiger partial charge < -0.3 is 4.55 Å². The van der Waals surface area contributed by atoms with Gasteiger partial charge in [-0.3, -0.25) is 0 Å². The summed E-state index contributed by atoms with van der Waals surface area (Å²) < 4.78 is 13.2. The molecule has 1 aromatic heterocycles. The van der Waals surface area contributed by atoms with Gasteiger partial charge in [0.2, 0.25) is 0 Å². The molecule has 2 aromatic rings. The summed E-state index contributed by atoms with van der Waals surface area (Å²) in [6.45, 7) is 5.38. The number of benzene rings is 1. The maximum atomic E-state index is 11.6. The standard InChI is InChI=1S/C11H11ClN3OS/c1-3-17(16)11-13-8(2)15(14-11)10-6-4-5-9(12)7-10/h4-7H,1,3H2,2H3. The van der Waals surface area contributed by atoms with Crippen LogP contribution < -0.4 is 0 Å². The summed E-state index contributed by atoms with van der Waals surface area (Å²) in [5, 5.41) is 5.12. The SMILES string of the molecule is [CH2]C[S+]([O-])c1nc(C)n(-c2cccc(Cl)c2)n1. The van der Waals surface area contributed by atoms with Gasteiger partial charge in [-0.1, -0.05) is 22.8 Å². The van der Waals surface area contributed by atoms with Gasteiger partial charge in [0.1, 0.15) is 11.6 Å². The summed E-state index contributed by atoms with van der Waals surface area (Å²) in [6, 6.07) is 7.26. The zero-order chi connectivity index (χ0) is 12.4. The lowest BCUT2D eigenvalue weighted by atomic mass is 10.3. The van der Waals surface area contributed by atoms with E-state index in [4.69, 9.17) is 11.6 Å². The van der Waals surface area contributed by atoms with Gasteiger partial charge in [0.25, 0.3) is 0 Å². The van der Waals surface area contributed by atoms with E-state index in [1.54, 1.807) is 23.7 Å². The minimum atomic E-state index is -1.25. The van der Waals surface area contributed by atoms with Crippen LogP contribution >= 0.6 is 11.6 Å². The fraction of sp³-hybridized carbons (Fsp3) is 0.182. The van der Waals surface area contributed by atoms with Gasteiger partial charge in [-0.15, -0.1) is 0 Å². The first-order valence-corrected chi connectivity index (χ1v) is 6.68. The van der Waals surface area contributed by atoms with Crippen LogP contribution in [0, 0.1) is 13.8 Å². The zero-order valence-electron chi connectivity index (χ0n) is 9.26. The van der Waals surface area contributed by atoms with E-state index in [0.29, 0.717) is 16.0 Å². The van der Waals surface area contributed by atoms with E-state index in [0.717, 1.165) is 5.69 Å². The first-order valence-electron chi connectivity index (χ1n) is 4.99. The Kier molecular flexibility index (Phi) is 3.71. The van der Waals surface area contributed by atoms with E-state index in [9.17, 15) is 4.55 Å². The number of aromatic nitrogens is 3. The van der Waals surface area contributed by atoms with Crippen LogP contribution in [0.15, 0.2) is 29.4 Å². The Labute approximate surface area is 108 Å². The van der Waals surface area contributed by atoms with Crippen molar-refractivity contribution in [1.29, 1.82) is 0 Å². The van der Waals surface area contributed by atoms with Crippen LogP contribution in [0.1, 0.15) is 5.82 Å². The molecule has 0 aliphatic rings. The lowest BCUT2D eigenvalue weighted by Gasteiger charge is -2.02. The summed E-state index contributed by atoms with van der Waals surface area (Å²) >= 11 is 4.67. The number of aryl methyl sites for hydroxylation is 1. The van der Waals surface area contributed by atoms with Crippen molar-refractivity contribution in [3.8, 4) is 5.69 Å². The van der Waals surface area contributed by atoms with Gasteiger partial charge in [-0.25, -0.2) is 4.68 Å². The van der Waals surface area contributed by atoms with Crippen molar-refractivity contribution in [2.75, 3.05) is 5.75 Å². The number of hydrogen-bond donors (Lipinski definition) is 0. The molecule has 1 aromatic carbocycles. The molecule has 0 fully saturated rings. The van der Waals surface area contributed by atoms with Crippen molar-refractivity contribution in [2.45, 2.75) is 12.1 Å². The third kappa shape index (κ3) is 2.62. The first-order chi connectivity index (χ1) is 8.11. The minimum Gasteiger partial charge on any atom is -0.609 e. The van der Waals surface area contributed by atoms with Gasteiger partial charge in [0, 0.05) is 16.2 Å². The molecule has 89 valence electrons. The molecule has 1 unspecified atom stereocenters. The Bertz CT molecular complexity index is 529. The van der Waals surface area contributed by atoms with Crippen LogP contribution in [0.5, 0.6) is 0 Å². The smallest absolute Gasteiger partial charge is 0.361 e. The van der Waals surface area contributed by atoms with Crippen molar-refractivity contribution in [3.05, 3.63) is 42.0 Å². The van der Waals surface area contributed by atoms with E-state index < -0.39 is 11.2 Å². The lowest BCUT2D eigenvalue weighted by Crippen LogP contribution is -2.07. The fourth-order valence-corrected chi connectivity index (χ4v) is 2.18. The lowest BCUT2D eigenvalue weighted by molar-refractivity contribution is 0.588. The highest BCUT2D eigenvalue weighted by Gasteiger charge is 2.17. The molecule has 17 heavy (non-hydrogen) atoms. The Balaban J connectivity index is 2.42. The van der Waals surface area contributed by atoms with Gasteiger partial charge in [-0.05, 0) is 32.0 Å². The monoisotopic (exact) mass is 268 g/mol. The Morgan fingerprint density at radius 3 is 2.94 bits per heavy atom. The Hall–Kier alpha value is -1.04. The second kappa shape index (κ2) is 5.08. The van der Waals surface area contributed by atoms with Gasteiger partial charge >= 0.3 is 5.16 Å². The van der Waals surface area contributed by atoms with Gasteiger partial charge in [0.15, 0.2) is 0 Å². The van der Waals surface area contributed by atoms with E-state index in [2.05, 4.69) is 17.0 Å². The van der Waals surface area contributed by atoms with Crippen molar-refractivity contribution in [3.63, 3.8) is 0 Å². The maximum absolute atomic E-state index is 11.6. The second-order valence-electron chi connectivity index (χ2n) is 3.38. The van der Waals surface area contributed by atoms with Crippen LogP contribution in [0.2, 0.25) is 5.02 Å². The average Bonchev–Trinajstić information content (AvgIpc) is 2.70. The van der Waals surface area contributed by atoms with E-state index in [1.807, 2.05) is 12.1 Å². The Morgan fingerprint density at radius 2 is 2.29 bits per heavy atom. The summed E-state index contributed by atoms with van der Waals surface area (Å²) in [6.07, 6.45) is 0.